The van der Waals surface area contributed by atoms with Crippen molar-refractivity contribution >= 4 is 29.4 Å². The quantitative estimate of drug-likeness (QED) is 0.502. The summed E-state index contributed by atoms with van der Waals surface area (Å²) in [4.78, 5) is 18.7. The second-order valence-electron chi connectivity index (χ2n) is 7.39. The van der Waals surface area contributed by atoms with Gasteiger partial charge in [-0.2, -0.15) is 11.8 Å². The van der Waals surface area contributed by atoms with Gasteiger partial charge in [-0.1, -0.05) is 18.2 Å². The number of benzene rings is 2. The fourth-order valence-corrected chi connectivity index (χ4v) is 4.34. The summed E-state index contributed by atoms with van der Waals surface area (Å²) in [6.45, 7) is 3.06. The fourth-order valence-electron chi connectivity index (χ4n) is 3.36. The monoisotopic (exact) mass is 449 g/mol. The van der Waals surface area contributed by atoms with E-state index in [1.165, 1.54) is 41.5 Å². The summed E-state index contributed by atoms with van der Waals surface area (Å²) in [5, 5.41) is 2.87. The van der Waals surface area contributed by atoms with Gasteiger partial charge >= 0.3 is 0 Å². The molecule has 1 aliphatic heterocycles. The van der Waals surface area contributed by atoms with Crippen LogP contribution in [0, 0.1) is 5.82 Å². The van der Waals surface area contributed by atoms with Gasteiger partial charge in [0.05, 0.1) is 6.20 Å². The molecule has 4 rings (SSSR count). The zero-order valence-electron chi connectivity index (χ0n) is 17.5. The molecule has 0 atom stereocenters. The largest absolute Gasteiger partial charge is 0.453 e. The van der Waals surface area contributed by atoms with Crippen LogP contribution in [0.4, 0.5) is 10.1 Å². The molecule has 0 aliphatic carbocycles. The van der Waals surface area contributed by atoms with E-state index >= 15 is 0 Å². The Kier molecular flexibility index (Phi) is 7.53. The molecule has 2 heterocycles. The van der Waals surface area contributed by atoms with E-state index in [0.717, 1.165) is 25.3 Å². The average Bonchev–Trinajstić information content (AvgIpc) is 2.81. The number of pyridine rings is 1. The van der Waals surface area contributed by atoms with Gasteiger partial charge in [-0.3, -0.25) is 14.7 Å². The minimum Gasteiger partial charge on any atom is -0.453 e. The molecule has 1 fully saturated rings. The van der Waals surface area contributed by atoms with Crippen LogP contribution in [0.5, 0.6) is 11.5 Å². The lowest BCUT2D eigenvalue weighted by Gasteiger charge is -2.26. The van der Waals surface area contributed by atoms with Crippen LogP contribution in [-0.4, -0.2) is 40.4 Å². The summed E-state index contributed by atoms with van der Waals surface area (Å²) < 4.78 is 19.8. The van der Waals surface area contributed by atoms with E-state index in [0.29, 0.717) is 11.3 Å². The van der Waals surface area contributed by atoms with E-state index in [1.54, 1.807) is 30.5 Å². The highest BCUT2D eigenvalue weighted by atomic mass is 32.2. The number of halogens is 1. The fraction of sp³-hybridized carbons (Fsp3) is 0.200. The second-order valence-corrected chi connectivity index (χ2v) is 8.62. The molecule has 0 bridgehead atoms. The SMILES string of the molecule is O=C(/C=C/c1ccc(Oc2cccnc2)c(F)c1)Nc1cccc(CN2CCSCC2)c1. The standard InChI is InChI=1S/C25H24FN3O2S/c26-23-16-19(6-8-24(23)31-22-5-2-10-27-17-22)7-9-25(30)28-21-4-1-3-20(15-21)18-29-11-13-32-14-12-29/h1-10,15-17H,11-14,18H2,(H,28,30)/b9-7+. The Bertz CT molecular complexity index is 1090. The van der Waals surface area contributed by atoms with E-state index in [4.69, 9.17) is 4.74 Å². The maximum atomic E-state index is 14.4. The Hall–Kier alpha value is -3.16. The van der Waals surface area contributed by atoms with E-state index in [9.17, 15) is 9.18 Å². The first-order valence-electron chi connectivity index (χ1n) is 10.4. The topological polar surface area (TPSA) is 54.5 Å². The van der Waals surface area contributed by atoms with Crippen molar-refractivity contribution in [1.29, 1.82) is 0 Å². The Morgan fingerprint density at radius 3 is 2.81 bits per heavy atom. The number of amides is 1. The molecule has 1 aliphatic rings. The van der Waals surface area contributed by atoms with Gasteiger partial charge in [-0.05, 0) is 53.6 Å². The summed E-state index contributed by atoms with van der Waals surface area (Å²) in [6.07, 6.45) is 6.09. The van der Waals surface area contributed by atoms with Crippen LogP contribution >= 0.6 is 11.8 Å². The van der Waals surface area contributed by atoms with Gasteiger partial charge < -0.3 is 10.1 Å². The normalized spacial score (nSPS) is 14.4. The highest BCUT2D eigenvalue weighted by Gasteiger charge is 2.11. The molecule has 32 heavy (non-hydrogen) atoms. The molecule has 1 saturated heterocycles. The number of hydrogen-bond acceptors (Lipinski definition) is 5. The first-order valence-corrected chi connectivity index (χ1v) is 11.6. The van der Waals surface area contributed by atoms with Gasteiger partial charge in [0.15, 0.2) is 11.6 Å². The summed E-state index contributed by atoms with van der Waals surface area (Å²) in [6, 6.07) is 15.8. The zero-order chi connectivity index (χ0) is 22.2. The minimum atomic E-state index is -0.514. The molecule has 7 heteroatoms. The van der Waals surface area contributed by atoms with E-state index in [2.05, 4.69) is 21.3 Å². The van der Waals surface area contributed by atoms with Crippen molar-refractivity contribution in [3.8, 4) is 11.5 Å². The first kappa shape index (κ1) is 22.0. The van der Waals surface area contributed by atoms with Gasteiger partial charge in [0.25, 0.3) is 0 Å². The third-order valence-corrected chi connectivity index (χ3v) is 5.89. The van der Waals surface area contributed by atoms with Crippen molar-refractivity contribution in [1.82, 2.24) is 9.88 Å². The number of carbonyl (C=O) groups excluding carboxylic acids is 1. The van der Waals surface area contributed by atoms with Crippen LogP contribution in [0.15, 0.2) is 73.1 Å². The van der Waals surface area contributed by atoms with Gasteiger partial charge in [-0.25, -0.2) is 4.39 Å². The molecule has 3 aromatic rings. The molecule has 5 nitrogen and oxygen atoms in total. The molecule has 1 amide bonds. The third kappa shape index (κ3) is 6.42. The first-order chi connectivity index (χ1) is 15.7. The van der Waals surface area contributed by atoms with Crippen LogP contribution in [0.25, 0.3) is 6.08 Å². The number of nitrogens with zero attached hydrogens (tertiary/aromatic N) is 2. The number of thioether (sulfide) groups is 1. The van der Waals surface area contributed by atoms with Crippen molar-refractivity contribution in [3.63, 3.8) is 0 Å². The van der Waals surface area contributed by atoms with E-state index in [-0.39, 0.29) is 11.7 Å². The second kappa shape index (κ2) is 10.9. The van der Waals surface area contributed by atoms with Crippen LogP contribution < -0.4 is 10.1 Å². The number of carbonyl (C=O) groups is 1. The van der Waals surface area contributed by atoms with Crippen LogP contribution in [0.3, 0.4) is 0 Å². The van der Waals surface area contributed by atoms with Gasteiger partial charge in [0.1, 0.15) is 5.75 Å². The van der Waals surface area contributed by atoms with Crippen LogP contribution in [0.2, 0.25) is 0 Å². The molecule has 1 N–H and O–H groups in total. The molecule has 0 spiro atoms. The number of nitrogens with one attached hydrogen (secondary N) is 1. The number of rotatable bonds is 7. The molecule has 0 unspecified atom stereocenters. The maximum Gasteiger partial charge on any atom is 0.248 e. The van der Waals surface area contributed by atoms with Crippen LogP contribution in [0.1, 0.15) is 11.1 Å². The summed E-state index contributed by atoms with van der Waals surface area (Å²) >= 11 is 1.99. The lowest BCUT2D eigenvalue weighted by atomic mass is 10.1. The Balaban J connectivity index is 1.34. The molecule has 2 aromatic carbocycles. The molecule has 1 aromatic heterocycles. The van der Waals surface area contributed by atoms with Crippen LogP contribution in [-0.2, 0) is 11.3 Å². The lowest BCUT2D eigenvalue weighted by Crippen LogP contribution is -2.31. The number of aromatic nitrogens is 1. The number of anilines is 1. The molecular weight excluding hydrogens is 425 g/mol. The van der Waals surface area contributed by atoms with Crippen molar-refractivity contribution in [3.05, 3.63) is 90.0 Å². The molecule has 0 saturated carbocycles. The van der Waals surface area contributed by atoms with E-state index in [1.807, 2.05) is 30.0 Å². The van der Waals surface area contributed by atoms with Gasteiger partial charge in [0.2, 0.25) is 5.91 Å². The average molecular weight is 450 g/mol. The molecular formula is C25H24FN3O2S. The summed E-state index contributed by atoms with van der Waals surface area (Å²) in [5.41, 5.74) is 2.48. The zero-order valence-corrected chi connectivity index (χ0v) is 18.4. The predicted molar refractivity (Wildman–Crippen MR) is 127 cm³/mol. The minimum absolute atomic E-state index is 0.101. The highest BCUT2D eigenvalue weighted by Crippen LogP contribution is 2.25. The Labute approximate surface area is 191 Å². The number of hydrogen-bond donors (Lipinski definition) is 1. The number of ether oxygens (including phenoxy) is 1. The third-order valence-electron chi connectivity index (χ3n) is 4.95. The summed E-state index contributed by atoms with van der Waals surface area (Å²) in [5.74, 6) is 2.10. The summed E-state index contributed by atoms with van der Waals surface area (Å²) in [7, 11) is 0. The van der Waals surface area contributed by atoms with E-state index < -0.39 is 5.82 Å². The Morgan fingerprint density at radius 1 is 1.16 bits per heavy atom. The lowest BCUT2D eigenvalue weighted by molar-refractivity contribution is -0.111. The predicted octanol–water partition coefficient (Wildman–Crippen LogP) is 5.21. The van der Waals surface area contributed by atoms with Crippen molar-refractivity contribution in [2.45, 2.75) is 6.54 Å². The van der Waals surface area contributed by atoms with Crippen molar-refractivity contribution in [2.24, 2.45) is 0 Å². The van der Waals surface area contributed by atoms with Crippen molar-refractivity contribution < 1.29 is 13.9 Å². The van der Waals surface area contributed by atoms with Gasteiger partial charge in [0, 0.05) is 49.1 Å². The molecule has 0 radical (unpaired) electrons. The van der Waals surface area contributed by atoms with Crippen molar-refractivity contribution in [2.75, 3.05) is 29.9 Å². The maximum absolute atomic E-state index is 14.4. The van der Waals surface area contributed by atoms with Gasteiger partial charge in [-0.15, -0.1) is 0 Å². The molecule has 164 valence electrons. The Morgan fingerprint density at radius 2 is 2.03 bits per heavy atom. The highest BCUT2D eigenvalue weighted by molar-refractivity contribution is 7.99. The smallest absolute Gasteiger partial charge is 0.248 e.